The lowest BCUT2D eigenvalue weighted by atomic mass is 9.94. The third kappa shape index (κ3) is 6.03. The number of para-hydroxylation sites is 3. The fourth-order valence-corrected chi connectivity index (χ4v) is 8.93. The normalized spacial score (nSPS) is 11.2. The van der Waals surface area contributed by atoms with E-state index in [1.807, 2.05) is 29.5 Å². The van der Waals surface area contributed by atoms with Crippen molar-refractivity contribution in [1.29, 1.82) is 0 Å². The molecular formula is C51H40N2S. The number of thiophene rings is 1. The molecule has 0 saturated carbocycles. The van der Waals surface area contributed by atoms with Gasteiger partial charge in [0.15, 0.2) is 0 Å². The first kappa shape index (κ1) is 33.4. The predicted octanol–water partition coefficient (Wildman–Crippen LogP) is 14.9. The Morgan fingerprint density at radius 3 is 1.65 bits per heavy atom. The maximum atomic E-state index is 2.46. The van der Waals surface area contributed by atoms with E-state index in [2.05, 4.69) is 200 Å². The van der Waals surface area contributed by atoms with E-state index in [9.17, 15) is 0 Å². The topological polar surface area (TPSA) is 8.17 Å². The van der Waals surface area contributed by atoms with Crippen molar-refractivity contribution in [3.05, 3.63) is 205 Å². The van der Waals surface area contributed by atoms with Crippen molar-refractivity contribution >= 4 is 70.4 Å². The monoisotopic (exact) mass is 712 g/mol. The van der Waals surface area contributed by atoms with Crippen molar-refractivity contribution in [3.63, 3.8) is 0 Å². The molecule has 8 aromatic carbocycles. The largest absolute Gasteiger partial charge is 0.310 e. The highest BCUT2D eigenvalue weighted by Gasteiger charge is 2.21. The Hall–Kier alpha value is -6.42. The number of fused-ring (bicyclic) bond motifs is 6. The Morgan fingerprint density at radius 2 is 0.981 bits per heavy atom. The molecule has 10 rings (SSSR count). The van der Waals surface area contributed by atoms with E-state index in [-0.39, 0.29) is 0 Å². The van der Waals surface area contributed by atoms with Crippen LogP contribution < -0.4 is 4.90 Å². The Balaban J connectivity index is 0.000000496. The molecule has 10 aromatic rings. The van der Waals surface area contributed by atoms with Crippen LogP contribution in [0.2, 0.25) is 0 Å². The smallest absolute Gasteiger partial charge is 0.0541 e. The van der Waals surface area contributed by atoms with Gasteiger partial charge in [-0.3, -0.25) is 0 Å². The molecule has 0 amide bonds. The molecule has 2 aromatic heterocycles. The van der Waals surface area contributed by atoms with Crippen LogP contribution in [0.5, 0.6) is 0 Å². The SMILES string of the molecule is Cc1ccccc1.Cc1ccccc1-c1cc(N(c2ccccc2)c2ccc3c(c2)sc2ccccc23)cc(-n2c3ccccc3c3ccccc32)c1C. The minimum atomic E-state index is 1.12. The van der Waals surface area contributed by atoms with Gasteiger partial charge in [0.1, 0.15) is 0 Å². The highest BCUT2D eigenvalue weighted by molar-refractivity contribution is 7.25. The van der Waals surface area contributed by atoms with Crippen LogP contribution in [-0.4, -0.2) is 4.57 Å². The number of hydrogen-bond acceptors (Lipinski definition) is 2. The Kier molecular flexibility index (Phi) is 8.78. The molecule has 0 radical (unpaired) electrons. The fourth-order valence-electron chi connectivity index (χ4n) is 7.79. The van der Waals surface area contributed by atoms with Gasteiger partial charge in [-0.05, 0) is 97.6 Å². The second kappa shape index (κ2) is 14.2. The summed E-state index contributed by atoms with van der Waals surface area (Å²) in [5.41, 5.74) is 13.3. The molecule has 0 bridgehead atoms. The Labute approximate surface area is 320 Å². The maximum Gasteiger partial charge on any atom is 0.0541 e. The molecule has 0 aliphatic rings. The first-order valence-electron chi connectivity index (χ1n) is 18.5. The maximum absolute atomic E-state index is 2.46. The van der Waals surface area contributed by atoms with E-state index in [0.29, 0.717) is 0 Å². The zero-order valence-corrected chi connectivity index (χ0v) is 31.5. The van der Waals surface area contributed by atoms with Crippen molar-refractivity contribution < 1.29 is 0 Å². The summed E-state index contributed by atoms with van der Waals surface area (Å²) in [4.78, 5) is 2.42. The molecule has 0 fully saturated rings. The van der Waals surface area contributed by atoms with Gasteiger partial charge in [-0.15, -0.1) is 11.3 Å². The van der Waals surface area contributed by atoms with Gasteiger partial charge in [0.2, 0.25) is 0 Å². The van der Waals surface area contributed by atoms with Gasteiger partial charge in [0.05, 0.1) is 16.7 Å². The predicted molar refractivity (Wildman–Crippen MR) is 234 cm³/mol. The summed E-state index contributed by atoms with van der Waals surface area (Å²) in [5, 5.41) is 5.15. The average Bonchev–Trinajstić information content (AvgIpc) is 3.75. The van der Waals surface area contributed by atoms with Gasteiger partial charge in [-0.1, -0.05) is 139 Å². The van der Waals surface area contributed by atoms with E-state index in [0.717, 1.165) is 17.1 Å². The molecule has 0 spiro atoms. The number of rotatable bonds is 5. The van der Waals surface area contributed by atoms with Crippen molar-refractivity contribution in [2.75, 3.05) is 4.90 Å². The lowest BCUT2D eigenvalue weighted by Gasteiger charge is -2.28. The van der Waals surface area contributed by atoms with Gasteiger partial charge < -0.3 is 9.47 Å². The fraction of sp³-hybridized carbons (Fsp3) is 0.0588. The number of anilines is 3. The first-order valence-corrected chi connectivity index (χ1v) is 19.3. The minimum Gasteiger partial charge on any atom is -0.310 e. The summed E-state index contributed by atoms with van der Waals surface area (Å²) < 4.78 is 5.07. The van der Waals surface area contributed by atoms with Crippen molar-refractivity contribution in [2.45, 2.75) is 20.8 Å². The van der Waals surface area contributed by atoms with E-state index < -0.39 is 0 Å². The van der Waals surface area contributed by atoms with E-state index in [1.165, 1.54) is 75.5 Å². The molecule has 0 aliphatic heterocycles. The van der Waals surface area contributed by atoms with Crippen LogP contribution in [0.1, 0.15) is 16.7 Å². The summed E-state index contributed by atoms with van der Waals surface area (Å²) in [7, 11) is 0. The molecule has 0 unspecified atom stereocenters. The lowest BCUT2D eigenvalue weighted by Crippen LogP contribution is -2.11. The third-order valence-corrected chi connectivity index (χ3v) is 11.6. The Bertz CT molecular complexity index is 2860. The molecule has 3 heteroatoms. The van der Waals surface area contributed by atoms with Gasteiger partial charge in [0, 0.05) is 48.0 Å². The van der Waals surface area contributed by atoms with Crippen LogP contribution in [0.25, 0.3) is 58.8 Å². The molecular weight excluding hydrogens is 673 g/mol. The summed E-state index contributed by atoms with van der Waals surface area (Å²) in [6.07, 6.45) is 0. The number of nitrogens with zero attached hydrogens (tertiary/aromatic N) is 2. The van der Waals surface area contributed by atoms with Crippen LogP contribution >= 0.6 is 11.3 Å². The van der Waals surface area contributed by atoms with Crippen LogP contribution in [0.3, 0.4) is 0 Å². The Morgan fingerprint density at radius 1 is 0.407 bits per heavy atom. The van der Waals surface area contributed by atoms with Crippen LogP contribution in [-0.2, 0) is 0 Å². The van der Waals surface area contributed by atoms with Crippen molar-refractivity contribution in [3.8, 4) is 16.8 Å². The van der Waals surface area contributed by atoms with Crippen LogP contribution in [0.15, 0.2) is 188 Å². The summed E-state index contributed by atoms with van der Waals surface area (Å²) >= 11 is 1.86. The zero-order valence-electron chi connectivity index (χ0n) is 30.7. The molecule has 54 heavy (non-hydrogen) atoms. The standard InChI is InChI=1S/C44H32N2S.C7H8/c1-29-14-6-7-17-34(29)39-26-33(27-42(30(39)2)46-40-21-11-8-18-35(40)36-19-9-12-22-41(36)46)45(31-15-4-3-5-16-31)32-24-25-38-37-20-10-13-23-43(37)47-44(38)28-32;1-7-5-3-2-4-6-7/h3-28H,1-2H3;2-6H,1H3. The summed E-state index contributed by atoms with van der Waals surface area (Å²) in [5.74, 6) is 0. The van der Waals surface area contributed by atoms with E-state index in [1.54, 1.807) is 0 Å². The van der Waals surface area contributed by atoms with E-state index in [4.69, 9.17) is 0 Å². The number of aromatic nitrogens is 1. The van der Waals surface area contributed by atoms with Crippen molar-refractivity contribution in [1.82, 2.24) is 4.57 Å². The van der Waals surface area contributed by atoms with Gasteiger partial charge in [-0.2, -0.15) is 0 Å². The quantitative estimate of drug-likeness (QED) is 0.172. The molecule has 2 nitrogen and oxygen atoms in total. The second-order valence-corrected chi connectivity index (χ2v) is 15.0. The third-order valence-electron chi connectivity index (χ3n) is 10.5. The van der Waals surface area contributed by atoms with Gasteiger partial charge >= 0.3 is 0 Å². The number of hydrogen-bond donors (Lipinski definition) is 0. The average molecular weight is 713 g/mol. The van der Waals surface area contributed by atoms with Crippen molar-refractivity contribution in [2.24, 2.45) is 0 Å². The first-order chi connectivity index (χ1) is 26.5. The minimum absolute atomic E-state index is 1.12. The second-order valence-electron chi connectivity index (χ2n) is 13.9. The highest BCUT2D eigenvalue weighted by Crippen LogP contribution is 2.44. The highest BCUT2D eigenvalue weighted by atomic mass is 32.1. The molecule has 0 atom stereocenters. The van der Waals surface area contributed by atoms with Gasteiger partial charge in [-0.25, -0.2) is 0 Å². The summed E-state index contributed by atoms with van der Waals surface area (Å²) in [6, 6.07) is 67.8. The molecule has 2 heterocycles. The summed E-state index contributed by atoms with van der Waals surface area (Å²) in [6.45, 7) is 6.58. The zero-order chi connectivity index (χ0) is 36.6. The molecule has 260 valence electrons. The molecule has 0 saturated heterocycles. The van der Waals surface area contributed by atoms with Gasteiger partial charge in [0.25, 0.3) is 0 Å². The van der Waals surface area contributed by atoms with Crippen LogP contribution in [0.4, 0.5) is 17.1 Å². The number of aryl methyl sites for hydroxylation is 2. The lowest BCUT2D eigenvalue weighted by molar-refractivity contribution is 1.14. The van der Waals surface area contributed by atoms with E-state index >= 15 is 0 Å². The number of benzene rings is 8. The van der Waals surface area contributed by atoms with Crippen LogP contribution in [0, 0.1) is 20.8 Å². The molecule has 0 N–H and O–H groups in total. The molecule has 0 aliphatic carbocycles.